The van der Waals surface area contributed by atoms with E-state index in [1.54, 1.807) is 6.07 Å². The zero-order chi connectivity index (χ0) is 12.7. The summed E-state index contributed by atoms with van der Waals surface area (Å²) in [6.45, 7) is 2.40. The van der Waals surface area contributed by atoms with Gasteiger partial charge < -0.3 is 8.85 Å². The van der Waals surface area contributed by atoms with Gasteiger partial charge in [-0.05, 0) is 17.8 Å². The number of hydrogen-bond acceptors (Lipinski definition) is 2. The minimum absolute atomic E-state index is 0.396. The molecule has 0 bridgehead atoms. The van der Waals surface area contributed by atoms with Crippen LogP contribution in [0.25, 0.3) is 0 Å². The predicted molar refractivity (Wildman–Crippen MR) is 77.1 cm³/mol. The molecule has 17 heavy (non-hydrogen) atoms. The van der Waals surface area contributed by atoms with Gasteiger partial charge in [0.25, 0.3) is 0 Å². The molecule has 0 saturated heterocycles. The summed E-state index contributed by atoms with van der Waals surface area (Å²) in [5.41, 5.74) is 1.31. The molecule has 8 heteroatoms. The first-order chi connectivity index (χ1) is 7.84. The third-order valence-electron chi connectivity index (χ3n) is 2.49. The van der Waals surface area contributed by atoms with Crippen molar-refractivity contribution in [2.24, 2.45) is 0 Å². The molecule has 0 radical (unpaired) electrons. The lowest BCUT2D eigenvalue weighted by molar-refractivity contribution is 0.210. The van der Waals surface area contributed by atoms with Crippen LogP contribution in [0, 0.1) is 0 Å². The van der Waals surface area contributed by atoms with Gasteiger partial charge in [-0.3, -0.25) is 0 Å². The first-order valence-corrected chi connectivity index (χ1v) is 13.0. The second-order valence-electron chi connectivity index (χ2n) is 3.98. The summed E-state index contributed by atoms with van der Waals surface area (Å²) >= 11 is 23.7. The van der Waals surface area contributed by atoms with Gasteiger partial charge in [-0.1, -0.05) is 12.1 Å². The van der Waals surface area contributed by atoms with Crippen molar-refractivity contribution in [3.63, 3.8) is 0 Å². The maximum absolute atomic E-state index is 5.96. The maximum atomic E-state index is 5.96. The van der Waals surface area contributed by atoms with Crippen LogP contribution in [0.4, 0.5) is 0 Å². The van der Waals surface area contributed by atoms with E-state index in [4.69, 9.17) is 53.7 Å². The SMILES string of the molecule is C[Si]1(CCl)OCc2cc([Si](Cl)(Cl)Cl)ccc2O1. The maximum Gasteiger partial charge on any atom is 0.411 e. The van der Waals surface area contributed by atoms with Gasteiger partial charge in [-0.2, -0.15) is 0 Å². The highest BCUT2D eigenvalue weighted by Crippen LogP contribution is 2.30. The molecular formula is C9H10Cl4O2Si2. The van der Waals surface area contributed by atoms with E-state index in [0.717, 1.165) is 16.5 Å². The molecule has 1 aliphatic heterocycles. The van der Waals surface area contributed by atoms with Crippen LogP contribution in [-0.2, 0) is 11.0 Å². The van der Waals surface area contributed by atoms with Crippen molar-refractivity contribution in [3.05, 3.63) is 23.8 Å². The highest BCUT2D eigenvalue weighted by molar-refractivity contribution is 7.69. The van der Waals surface area contributed by atoms with Crippen LogP contribution in [-0.4, -0.2) is 20.1 Å². The largest absolute Gasteiger partial charge is 0.519 e. The zero-order valence-electron chi connectivity index (χ0n) is 8.97. The van der Waals surface area contributed by atoms with Gasteiger partial charge in [0, 0.05) is 5.56 Å². The van der Waals surface area contributed by atoms with Crippen molar-refractivity contribution in [2.45, 2.75) is 13.2 Å². The van der Waals surface area contributed by atoms with E-state index in [0.29, 0.717) is 12.1 Å². The van der Waals surface area contributed by atoms with Gasteiger partial charge in [0.15, 0.2) is 0 Å². The minimum Gasteiger partial charge on any atom is -0.519 e. The Morgan fingerprint density at radius 1 is 1.35 bits per heavy atom. The fourth-order valence-electron chi connectivity index (χ4n) is 1.53. The Balaban J connectivity index is 2.32. The highest BCUT2D eigenvalue weighted by atomic mass is 35.8. The first-order valence-electron chi connectivity index (χ1n) is 4.93. The second kappa shape index (κ2) is 4.92. The zero-order valence-corrected chi connectivity index (χ0v) is 14.0. The predicted octanol–water partition coefficient (Wildman–Crippen LogP) is 3.31. The fraction of sp³-hybridized carbons (Fsp3) is 0.333. The molecule has 0 saturated carbocycles. The summed E-state index contributed by atoms with van der Waals surface area (Å²) < 4.78 is 11.5. The van der Waals surface area contributed by atoms with Crippen LogP contribution < -0.4 is 9.61 Å². The van der Waals surface area contributed by atoms with Crippen molar-refractivity contribution >= 4 is 64.6 Å². The smallest absolute Gasteiger partial charge is 0.411 e. The van der Waals surface area contributed by atoms with E-state index < -0.39 is 14.6 Å². The second-order valence-corrected chi connectivity index (χ2v) is 16.2. The summed E-state index contributed by atoms with van der Waals surface area (Å²) in [7, 11) is -2.25. The first kappa shape index (κ1) is 14.0. The van der Waals surface area contributed by atoms with E-state index in [-0.39, 0.29) is 0 Å². The molecule has 1 atom stereocenters. The van der Waals surface area contributed by atoms with Crippen LogP contribution in [0.1, 0.15) is 5.56 Å². The molecule has 1 unspecified atom stereocenters. The minimum atomic E-state index is -2.85. The van der Waals surface area contributed by atoms with Crippen molar-refractivity contribution in [1.82, 2.24) is 0 Å². The van der Waals surface area contributed by atoms with Gasteiger partial charge in [0.2, 0.25) is 0 Å². The summed E-state index contributed by atoms with van der Waals surface area (Å²) in [6.07, 6.45) is 0. The normalized spacial score (nSPS) is 24.1. The molecule has 1 aliphatic rings. The Kier molecular flexibility index (Phi) is 4.05. The van der Waals surface area contributed by atoms with Crippen LogP contribution in [0.2, 0.25) is 6.55 Å². The molecule has 0 aromatic heterocycles. The Bertz CT molecular complexity index is 437. The molecule has 1 aromatic rings. The Morgan fingerprint density at radius 3 is 2.65 bits per heavy atom. The number of rotatable bonds is 2. The molecule has 0 fully saturated rings. The lowest BCUT2D eigenvalue weighted by Crippen LogP contribution is -2.47. The average molecular weight is 348 g/mol. The monoisotopic (exact) mass is 346 g/mol. The molecule has 2 nitrogen and oxygen atoms in total. The van der Waals surface area contributed by atoms with E-state index in [1.807, 2.05) is 18.7 Å². The van der Waals surface area contributed by atoms with E-state index in [9.17, 15) is 0 Å². The number of halogens is 4. The Morgan fingerprint density at radius 2 is 2.06 bits per heavy atom. The molecular weight excluding hydrogens is 338 g/mol. The van der Waals surface area contributed by atoms with Gasteiger partial charge >= 0.3 is 14.6 Å². The van der Waals surface area contributed by atoms with Crippen molar-refractivity contribution in [1.29, 1.82) is 0 Å². The van der Waals surface area contributed by atoms with Gasteiger partial charge in [0.05, 0.1) is 12.1 Å². The van der Waals surface area contributed by atoms with Gasteiger partial charge in [-0.15, -0.1) is 44.8 Å². The van der Waals surface area contributed by atoms with Crippen LogP contribution >= 0.6 is 44.8 Å². The number of benzene rings is 1. The summed E-state index contributed by atoms with van der Waals surface area (Å²) in [5.74, 6) is 0.790. The lowest BCUT2D eigenvalue weighted by atomic mass is 10.2. The number of alkyl halides is 1. The fourth-order valence-corrected chi connectivity index (χ4v) is 4.91. The highest BCUT2D eigenvalue weighted by Gasteiger charge is 2.38. The molecule has 1 aromatic carbocycles. The summed E-state index contributed by atoms with van der Waals surface area (Å²) in [5, 5.41) is 0.740. The molecule has 0 spiro atoms. The quantitative estimate of drug-likeness (QED) is 0.464. The third-order valence-corrected chi connectivity index (χ3v) is 8.77. The van der Waals surface area contributed by atoms with Gasteiger partial charge in [-0.25, -0.2) is 0 Å². The summed E-state index contributed by atoms with van der Waals surface area (Å²) in [6, 6.07) is 2.63. The number of hydrogen-bond donors (Lipinski definition) is 0. The molecule has 1 heterocycles. The standard InChI is InChI=1S/C9H10Cl4O2Si2/c1-16(6-10)14-5-7-4-8(17(11,12)13)2-3-9(7)15-16/h2-4H,5-6H2,1H3. The Hall–Kier alpha value is 0.574. The third kappa shape index (κ3) is 3.12. The molecule has 2 rings (SSSR count). The van der Waals surface area contributed by atoms with Crippen molar-refractivity contribution in [2.75, 3.05) is 5.50 Å². The topological polar surface area (TPSA) is 18.5 Å². The van der Waals surface area contributed by atoms with E-state index in [2.05, 4.69) is 0 Å². The molecule has 94 valence electrons. The van der Waals surface area contributed by atoms with Crippen molar-refractivity contribution < 1.29 is 8.85 Å². The van der Waals surface area contributed by atoms with E-state index >= 15 is 0 Å². The van der Waals surface area contributed by atoms with Crippen LogP contribution in [0.3, 0.4) is 0 Å². The van der Waals surface area contributed by atoms with Gasteiger partial charge in [0.1, 0.15) is 5.75 Å². The van der Waals surface area contributed by atoms with Crippen LogP contribution in [0.5, 0.6) is 5.75 Å². The number of fused-ring (bicyclic) bond motifs is 1. The average Bonchev–Trinajstić information content (AvgIpc) is 2.27. The Labute approximate surface area is 121 Å². The van der Waals surface area contributed by atoms with E-state index in [1.165, 1.54) is 0 Å². The van der Waals surface area contributed by atoms with Crippen molar-refractivity contribution in [3.8, 4) is 5.75 Å². The molecule has 0 N–H and O–H groups in total. The van der Waals surface area contributed by atoms with Crippen LogP contribution in [0.15, 0.2) is 18.2 Å². The molecule has 0 amide bonds. The molecule has 0 aliphatic carbocycles. The lowest BCUT2D eigenvalue weighted by Gasteiger charge is -2.32. The summed E-state index contributed by atoms with van der Waals surface area (Å²) in [4.78, 5) is 0.